The standard InChI is InChI=1S/C17H17N5O2/c1-12(2)22-11-19-21-16(22)13-8-9-18-15(10-13)20-17(23)24-14-6-4-3-5-7-14/h3-12H,1-2H3,(H,18,20,23). The monoisotopic (exact) mass is 323 g/mol. The molecule has 0 unspecified atom stereocenters. The predicted octanol–water partition coefficient (Wildman–Crippen LogP) is 3.53. The van der Waals surface area contributed by atoms with E-state index < -0.39 is 6.09 Å². The lowest BCUT2D eigenvalue weighted by Crippen LogP contribution is -2.17. The summed E-state index contributed by atoms with van der Waals surface area (Å²) in [6, 6.07) is 12.6. The Morgan fingerprint density at radius 3 is 2.75 bits per heavy atom. The molecule has 0 radical (unpaired) electrons. The molecule has 1 aromatic carbocycles. The van der Waals surface area contributed by atoms with Crippen LogP contribution in [-0.2, 0) is 0 Å². The summed E-state index contributed by atoms with van der Waals surface area (Å²) in [5.74, 6) is 1.56. The first-order valence-electron chi connectivity index (χ1n) is 7.53. The van der Waals surface area contributed by atoms with Gasteiger partial charge in [-0.3, -0.25) is 5.32 Å². The SMILES string of the molecule is CC(C)n1cnnc1-c1ccnc(NC(=O)Oc2ccccc2)c1. The fraction of sp³-hybridized carbons (Fsp3) is 0.176. The number of rotatable bonds is 4. The van der Waals surface area contributed by atoms with Gasteiger partial charge in [0.1, 0.15) is 17.9 Å². The van der Waals surface area contributed by atoms with Crippen LogP contribution in [0.5, 0.6) is 5.75 Å². The van der Waals surface area contributed by atoms with Crippen molar-refractivity contribution in [2.75, 3.05) is 5.32 Å². The fourth-order valence-electron chi connectivity index (χ4n) is 2.19. The van der Waals surface area contributed by atoms with Crippen molar-refractivity contribution in [3.8, 4) is 17.1 Å². The van der Waals surface area contributed by atoms with Gasteiger partial charge in [0.25, 0.3) is 0 Å². The molecule has 3 aromatic rings. The Balaban J connectivity index is 1.76. The quantitative estimate of drug-likeness (QED) is 0.794. The van der Waals surface area contributed by atoms with Gasteiger partial charge in [-0.2, -0.15) is 0 Å². The number of ether oxygens (including phenoxy) is 1. The van der Waals surface area contributed by atoms with E-state index in [4.69, 9.17) is 4.74 Å². The molecule has 122 valence electrons. The van der Waals surface area contributed by atoms with Gasteiger partial charge in [-0.25, -0.2) is 9.78 Å². The first-order valence-corrected chi connectivity index (χ1v) is 7.53. The molecular formula is C17H17N5O2. The zero-order valence-corrected chi connectivity index (χ0v) is 13.4. The molecule has 1 N–H and O–H groups in total. The van der Waals surface area contributed by atoms with Gasteiger partial charge in [0.05, 0.1) is 0 Å². The Hall–Kier alpha value is -3.22. The molecule has 0 bridgehead atoms. The van der Waals surface area contributed by atoms with E-state index >= 15 is 0 Å². The number of carbonyl (C=O) groups is 1. The highest BCUT2D eigenvalue weighted by atomic mass is 16.6. The number of hydrogen-bond donors (Lipinski definition) is 1. The smallest absolute Gasteiger partial charge is 0.410 e. The second-order valence-electron chi connectivity index (χ2n) is 5.41. The van der Waals surface area contributed by atoms with Crippen LogP contribution < -0.4 is 10.1 Å². The third kappa shape index (κ3) is 3.57. The molecule has 7 heteroatoms. The summed E-state index contributed by atoms with van der Waals surface area (Å²) in [5, 5.41) is 10.7. The minimum Gasteiger partial charge on any atom is -0.410 e. The fourth-order valence-corrected chi connectivity index (χ4v) is 2.19. The summed E-state index contributed by atoms with van der Waals surface area (Å²) in [7, 11) is 0. The molecule has 0 aliphatic heterocycles. The normalized spacial score (nSPS) is 10.6. The lowest BCUT2D eigenvalue weighted by Gasteiger charge is -2.11. The molecule has 0 aliphatic carbocycles. The van der Waals surface area contributed by atoms with Gasteiger partial charge in [0.2, 0.25) is 0 Å². The minimum atomic E-state index is -0.601. The number of pyridine rings is 1. The maximum atomic E-state index is 11.9. The molecule has 0 spiro atoms. The van der Waals surface area contributed by atoms with Crippen LogP contribution >= 0.6 is 0 Å². The van der Waals surface area contributed by atoms with Crippen LogP contribution in [0.3, 0.4) is 0 Å². The Labute approximate surface area is 139 Å². The number of para-hydroxylation sites is 1. The Bertz CT molecular complexity index is 830. The molecule has 0 atom stereocenters. The second kappa shape index (κ2) is 6.91. The van der Waals surface area contributed by atoms with Crippen LogP contribution in [-0.4, -0.2) is 25.8 Å². The largest absolute Gasteiger partial charge is 0.418 e. The van der Waals surface area contributed by atoms with Gasteiger partial charge in [0.15, 0.2) is 5.82 Å². The van der Waals surface area contributed by atoms with E-state index in [1.54, 1.807) is 42.9 Å². The van der Waals surface area contributed by atoms with Crippen molar-refractivity contribution in [3.05, 3.63) is 55.0 Å². The maximum Gasteiger partial charge on any atom is 0.418 e. The zero-order valence-electron chi connectivity index (χ0n) is 13.4. The lowest BCUT2D eigenvalue weighted by molar-refractivity contribution is 0.215. The third-order valence-electron chi connectivity index (χ3n) is 3.33. The number of aromatic nitrogens is 4. The van der Waals surface area contributed by atoms with Gasteiger partial charge in [-0.1, -0.05) is 18.2 Å². The highest BCUT2D eigenvalue weighted by molar-refractivity contribution is 5.85. The Morgan fingerprint density at radius 1 is 1.21 bits per heavy atom. The summed E-state index contributed by atoms with van der Waals surface area (Å²) in [5.41, 5.74) is 0.811. The van der Waals surface area contributed by atoms with Crippen LogP contribution in [0.25, 0.3) is 11.4 Å². The van der Waals surface area contributed by atoms with Crippen molar-refractivity contribution < 1.29 is 9.53 Å². The lowest BCUT2D eigenvalue weighted by atomic mass is 10.2. The molecule has 0 saturated heterocycles. The van der Waals surface area contributed by atoms with E-state index in [1.165, 1.54) is 0 Å². The van der Waals surface area contributed by atoms with Gasteiger partial charge in [0, 0.05) is 17.8 Å². The molecule has 1 amide bonds. The van der Waals surface area contributed by atoms with Gasteiger partial charge in [-0.15, -0.1) is 10.2 Å². The first kappa shape index (κ1) is 15.7. The maximum absolute atomic E-state index is 11.9. The molecule has 3 rings (SSSR count). The zero-order chi connectivity index (χ0) is 16.9. The number of nitrogens with one attached hydrogen (secondary N) is 1. The molecule has 24 heavy (non-hydrogen) atoms. The van der Waals surface area contributed by atoms with Crippen LogP contribution in [0.4, 0.5) is 10.6 Å². The topological polar surface area (TPSA) is 81.9 Å². The minimum absolute atomic E-state index is 0.225. The summed E-state index contributed by atoms with van der Waals surface area (Å²) >= 11 is 0. The van der Waals surface area contributed by atoms with Crippen molar-refractivity contribution in [2.45, 2.75) is 19.9 Å². The third-order valence-corrected chi connectivity index (χ3v) is 3.33. The van der Waals surface area contributed by atoms with E-state index in [-0.39, 0.29) is 6.04 Å². The first-order chi connectivity index (χ1) is 11.6. The highest BCUT2D eigenvalue weighted by Gasteiger charge is 2.12. The molecule has 7 nitrogen and oxygen atoms in total. The summed E-state index contributed by atoms with van der Waals surface area (Å²) in [6.45, 7) is 4.09. The van der Waals surface area contributed by atoms with Crippen molar-refractivity contribution in [2.24, 2.45) is 0 Å². The number of anilines is 1. The van der Waals surface area contributed by atoms with Crippen molar-refractivity contribution in [1.82, 2.24) is 19.7 Å². The van der Waals surface area contributed by atoms with E-state index in [2.05, 4.69) is 20.5 Å². The average Bonchev–Trinajstić information content (AvgIpc) is 3.06. The predicted molar refractivity (Wildman–Crippen MR) is 89.7 cm³/mol. The number of nitrogens with zero attached hydrogens (tertiary/aromatic N) is 4. The van der Waals surface area contributed by atoms with Gasteiger partial charge < -0.3 is 9.30 Å². The summed E-state index contributed by atoms with van der Waals surface area (Å²) in [4.78, 5) is 16.1. The Kier molecular flexibility index (Phi) is 4.51. The van der Waals surface area contributed by atoms with E-state index in [9.17, 15) is 4.79 Å². The molecule has 0 fully saturated rings. The van der Waals surface area contributed by atoms with Gasteiger partial charge >= 0.3 is 6.09 Å². The van der Waals surface area contributed by atoms with Crippen molar-refractivity contribution in [1.29, 1.82) is 0 Å². The molecule has 2 heterocycles. The van der Waals surface area contributed by atoms with E-state index in [1.807, 2.05) is 30.5 Å². The van der Waals surface area contributed by atoms with Crippen molar-refractivity contribution >= 4 is 11.9 Å². The van der Waals surface area contributed by atoms with Crippen LogP contribution in [0.1, 0.15) is 19.9 Å². The summed E-state index contributed by atoms with van der Waals surface area (Å²) in [6.07, 6.45) is 2.68. The molecule has 0 saturated carbocycles. The second-order valence-corrected chi connectivity index (χ2v) is 5.41. The number of amides is 1. The van der Waals surface area contributed by atoms with Crippen molar-refractivity contribution in [3.63, 3.8) is 0 Å². The molecular weight excluding hydrogens is 306 g/mol. The average molecular weight is 323 g/mol. The van der Waals surface area contributed by atoms with Gasteiger partial charge in [-0.05, 0) is 38.1 Å². The van der Waals surface area contributed by atoms with Crippen LogP contribution in [0.15, 0.2) is 55.0 Å². The highest BCUT2D eigenvalue weighted by Crippen LogP contribution is 2.22. The molecule has 0 aliphatic rings. The molecule has 2 aromatic heterocycles. The number of benzene rings is 1. The van der Waals surface area contributed by atoms with E-state index in [0.29, 0.717) is 17.4 Å². The van der Waals surface area contributed by atoms with E-state index in [0.717, 1.165) is 5.56 Å². The number of carbonyl (C=O) groups excluding carboxylic acids is 1. The number of hydrogen-bond acceptors (Lipinski definition) is 5. The summed E-state index contributed by atoms with van der Waals surface area (Å²) < 4.78 is 7.13. The Morgan fingerprint density at radius 2 is 2.00 bits per heavy atom. The van der Waals surface area contributed by atoms with Crippen LogP contribution in [0, 0.1) is 0 Å². The van der Waals surface area contributed by atoms with Crippen LogP contribution in [0.2, 0.25) is 0 Å².